The molecule has 3 rings (SSSR count). The summed E-state index contributed by atoms with van der Waals surface area (Å²) in [6.45, 7) is 4.85. The summed E-state index contributed by atoms with van der Waals surface area (Å²) >= 11 is 1.81. The highest BCUT2D eigenvalue weighted by Gasteiger charge is 2.43. The molecule has 3 heterocycles. The summed E-state index contributed by atoms with van der Waals surface area (Å²) in [5, 5.41) is 5.78. The third-order valence-corrected chi connectivity index (χ3v) is 4.96. The van der Waals surface area contributed by atoms with E-state index in [1.165, 1.54) is 6.07 Å². The van der Waals surface area contributed by atoms with Gasteiger partial charge >= 0.3 is 0 Å². The number of thioether (sulfide) groups is 1. The Kier molecular flexibility index (Phi) is 3.03. The molecule has 0 spiro atoms. The molecule has 1 saturated heterocycles. The van der Waals surface area contributed by atoms with E-state index in [-0.39, 0.29) is 11.2 Å². The minimum Gasteiger partial charge on any atom is -0.358 e. The highest BCUT2D eigenvalue weighted by molar-refractivity contribution is 8.02. The van der Waals surface area contributed by atoms with Crippen molar-refractivity contribution in [3.05, 3.63) is 41.4 Å². The number of rotatable bonds is 3. The zero-order valence-corrected chi connectivity index (χ0v) is 11.1. The van der Waals surface area contributed by atoms with Crippen molar-refractivity contribution in [1.82, 2.24) is 15.2 Å². The first-order valence-electron chi connectivity index (χ1n) is 6.07. The fraction of sp³-hybridized carbons (Fsp3) is 0.462. The number of hydrogen-bond donors (Lipinski definition) is 1. The lowest BCUT2D eigenvalue weighted by Gasteiger charge is -2.47. The molecule has 1 aromatic rings. The third-order valence-electron chi connectivity index (χ3n) is 3.58. The van der Waals surface area contributed by atoms with E-state index in [0.717, 1.165) is 13.1 Å². The predicted octanol–water partition coefficient (Wildman–Crippen LogP) is 2.18. The Balaban J connectivity index is 1.76. The van der Waals surface area contributed by atoms with Crippen LogP contribution in [0.25, 0.3) is 0 Å². The standard InChI is InChI=1S/C13H16FN3S/c1-13(8-15-9-13)12-17(5-6-18-12)7-11-10(14)3-2-4-16-11/h2-6,12,15H,7-9H2,1H3. The monoisotopic (exact) mass is 265 g/mol. The van der Waals surface area contributed by atoms with Crippen LogP contribution in [0, 0.1) is 11.2 Å². The normalized spacial score (nSPS) is 25.2. The average Bonchev–Trinajstić information content (AvgIpc) is 2.78. The van der Waals surface area contributed by atoms with Gasteiger partial charge in [0.15, 0.2) is 0 Å². The number of hydrogen-bond acceptors (Lipinski definition) is 4. The molecule has 0 bridgehead atoms. The van der Waals surface area contributed by atoms with E-state index in [2.05, 4.69) is 27.5 Å². The summed E-state index contributed by atoms with van der Waals surface area (Å²) in [6.07, 6.45) is 3.69. The van der Waals surface area contributed by atoms with Gasteiger partial charge in [-0.2, -0.15) is 0 Å². The summed E-state index contributed by atoms with van der Waals surface area (Å²) in [4.78, 5) is 6.32. The maximum Gasteiger partial charge on any atom is 0.146 e. The van der Waals surface area contributed by atoms with Crippen LogP contribution in [0.3, 0.4) is 0 Å². The first-order valence-corrected chi connectivity index (χ1v) is 7.01. The Morgan fingerprint density at radius 2 is 2.44 bits per heavy atom. The van der Waals surface area contributed by atoms with Gasteiger partial charge in [0.1, 0.15) is 5.82 Å². The van der Waals surface area contributed by atoms with Gasteiger partial charge in [-0.3, -0.25) is 4.98 Å². The fourth-order valence-corrected chi connectivity index (χ4v) is 3.62. The van der Waals surface area contributed by atoms with Gasteiger partial charge in [-0.1, -0.05) is 6.92 Å². The van der Waals surface area contributed by atoms with Crippen LogP contribution in [0.1, 0.15) is 12.6 Å². The Bertz CT molecular complexity index is 473. The van der Waals surface area contributed by atoms with Gasteiger partial charge < -0.3 is 10.2 Å². The number of pyridine rings is 1. The summed E-state index contributed by atoms with van der Waals surface area (Å²) < 4.78 is 13.6. The summed E-state index contributed by atoms with van der Waals surface area (Å²) in [7, 11) is 0. The van der Waals surface area contributed by atoms with Crippen LogP contribution >= 0.6 is 11.8 Å². The maximum absolute atomic E-state index is 13.6. The van der Waals surface area contributed by atoms with E-state index < -0.39 is 0 Å². The van der Waals surface area contributed by atoms with Crippen molar-refractivity contribution in [2.45, 2.75) is 18.8 Å². The van der Waals surface area contributed by atoms with Crippen LogP contribution in [0.15, 0.2) is 29.9 Å². The molecule has 0 saturated carbocycles. The van der Waals surface area contributed by atoms with Crippen LogP contribution in [-0.2, 0) is 6.54 Å². The summed E-state index contributed by atoms with van der Waals surface area (Å²) in [5.41, 5.74) is 0.782. The lowest BCUT2D eigenvalue weighted by molar-refractivity contribution is 0.113. The van der Waals surface area contributed by atoms with Crippen molar-refractivity contribution >= 4 is 11.8 Å². The topological polar surface area (TPSA) is 28.2 Å². The van der Waals surface area contributed by atoms with Crippen LogP contribution < -0.4 is 5.32 Å². The molecule has 3 nitrogen and oxygen atoms in total. The Hall–Kier alpha value is -1.07. The molecule has 96 valence electrons. The zero-order chi connectivity index (χ0) is 12.6. The van der Waals surface area contributed by atoms with Gasteiger partial charge in [-0.05, 0) is 17.5 Å². The van der Waals surface area contributed by atoms with Crippen molar-refractivity contribution < 1.29 is 4.39 Å². The van der Waals surface area contributed by atoms with Gasteiger partial charge in [-0.15, -0.1) is 11.8 Å². The smallest absolute Gasteiger partial charge is 0.146 e. The van der Waals surface area contributed by atoms with Gasteiger partial charge in [0.05, 0.1) is 17.6 Å². The molecule has 0 amide bonds. The molecule has 0 aromatic carbocycles. The third kappa shape index (κ3) is 2.01. The maximum atomic E-state index is 13.6. The SMILES string of the molecule is CC1(C2SC=CN2Cc2ncccc2F)CNC1. The molecule has 5 heteroatoms. The second-order valence-electron chi connectivity index (χ2n) is 5.14. The fourth-order valence-electron chi connectivity index (χ4n) is 2.45. The lowest BCUT2D eigenvalue weighted by Crippen LogP contribution is -2.59. The summed E-state index contributed by atoms with van der Waals surface area (Å²) in [5.74, 6) is -0.224. The molecule has 1 fully saturated rings. The Morgan fingerprint density at radius 1 is 1.61 bits per heavy atom. The molecular formula is C13H16FN3S. The van der Waals surface area contributed by atoms with E-state index in [0.29, 0.717) is 17.6 Å². The highest BCUT2D eigenvalue weighted by Crippen LogP contribution is 2.41. The van der Waals surface area contributed by atoms with Gasteiger partial charge in [-0.25, -0.2) is 4.39 Å². The molecular weight excluding hydrogens is 249 g/mol. The van der Waals surface area contributed by atoms with Crippen molar-refractivity contribution in [3.63, 3.8) is 0 Å². The van der Waals surface area contributed by atoms with Crippen molar-refractivity contribution in [1.29, 1.82) is 0 Å². The predicted molar refractivity (Wildman–Crippen MR) is 71.2 cm³/mol. The quantitative estimate of drug-likeness (QED) is 0.906. The van der Waals surface area contributed by atoms with Gasteiger partial charge in [0, 0.05) is 30.9 Å². The Morgan fingerprint density at radius 3 is 3.11 bits per heavy atom. The number of aromatic nitrogens is 1. The van der Waals surface area contributed by atoms with E-state index in [1.807, 2.05) is 18.0 Å². The molecule has 1 aromatic heterocycles. The summed E-state index contributed by atoms with van der Waals surface area (Å²) in [6, 6.07) is 3.10. The zero-order valence-electron chi connectivity index (χ0n) is 10.3. The van der Waals surface area contributed by atoms with Crippen LogP contribution in [0.4, 0.5) is 4.39 Å². The average molecular weight is 265 g/mol. The van der Waals surface area contributed by atoms with E-state index in [4.69, 9.17) is 0 Å². The van der Waals surface area contributed by atoms with Crippen molar-refractivity contribution in [3.8, 4) is 0 Å². The van der Waals surface area contributed by atoms with E-state index >= 15 is 0 Å². The molecule has 2 aliphatic rings. The van der Waals surface area contributed by atoms with Crippen molar-refractivity contribution in [2.24, 2.45) is 5.41 Å². The van der Waals surface area contributed by atoms with E-state index in [1.54, 1.807) is 12.3 Å². The minimum atomic E-state index is -0.224. The first-order chi connectivity index (χ1) is 8.69. The second kappa shape index (κ2) is 4.55. The van der Waals surface area contributed by atoms with Gasteiger partial charge in [0.25, 0.3) is 0 Å². The molecule has 2 aliphatic heterocycles. The van der Waals surface area contributed by atoms with E-state index in [9.17, 15) is 4.39 Å². The first kappa shape index (κ1) is 12.0. The second-order valence-corrected chi connectivity index (χ2v) is 6.13. The minimum absolute atomic E-state index is 0.224. The lowest BCUT2D eigenvalue weighted by atomic mass is 9.83. The molecule has 0 radical (unpaired) electrons. The Labute approximate surface area is 110 Å². The number of halogens is 1. The molecule has 1 atom stereocenters. The van der Waals surface area contributed by atoms with Crippen LogP contribution in [0.5, 0.6) is 0 Å². The molecule has 1 N–H and O–H groups in total. The van der Waals surface area contributed by atoms with Crippen LogP contribution in [-0.4, -0.2) is 28.3 Å². The molecule has 18 heavy (non-hydrogen) atoms. The number of nitrogens with one attached hydrogen (secondary N) is 1. The largest absolute Gasteiger partial charge is 0.358 e. The van der Waals surface area contributed by atoms with Gasteiger partial charge in [0.2, 0.25) is 0 Å². The number of nitrogens with zero attached hydrogens (tertiary/aromatic N) is 2. The highest BCUT2D eigenvalue weighted by atomic mass is 32.2. The van der Waals surface area contributed by atoms with Crippen LogP contribution in [0.2, 0.25) is 0 Å². The molecule has 1 unspecified atom stereocenters. The van der Waals surface area contributed by atoms with Crippen molar-refractivity contribution in [2.75, 3.05) is 13.1 Å². The molecule has 0 aliphatic carbocycles.